The van der Waals surface area contributed by atoms with E-state index in [1.54, 1.807) is 20.0 Å². The van der Waals surface area contributed by atoms with E-state index in [9.17, 15) is 18.0 Å². The highest BCUT2D eigenvalue weighted by molar-refractivity contribution is 5.89. The van der Waals surface area contributed by atoms with Crippen LogP contribution in [0.25, 0.3) is 16.6 Å². The van der Waals surface area contributed by atoms with Crippen LogP contribution in [-0.2, 0) is 11.8 Å². The van der Waals surface area contributed by atoms with Crippen LogP contribution >= 0.6 is 0 Å². The standard InChI is InChI=1S/C22H21F3N4O2/c1-12(14-4-3-5-15(18(14)23)19(24)25)28-20-17-10-16(13-6-8-31-9-7-13)22(30)29(2)21(17)27-11-26-20/h3-6,10-12,19H,7-9H2,1-2H3,(H,26,27,28)/t12-/m1/s1. The number of nitrogens with one attached hydrogen (secondary N) is 1. The van der Waals surface area contributed by atoms with Crippen LogP contribution in [0.5, 0.6) is 0 Å². The summed E-state index contributed by atoms with van der Waals surface area (Å²) in [7, 11) is 1.63. The third-order valence-electron chi connectivity index (χ3n) is 5.43. The second-order valence-electron chi connectivity index (χ2n) is 7.35. The Bertz CT molecular complexity index is 1220. The highest BCUT2D eigenvalue weighted by Crippen LogP contribution is 2.30. The molecule has 9 heteroatoms. The van der Waals surface area contributed by atoms with Crippen molar-refractivity contribution in [3.05, 3.63) is 69.5 Å². The Kier molecular flexibility index (Phi) is 5.77. The zero-order valence-corrected chi connectivity index (χ0v) is 17.0. The van der Waals surface area contributed by atoms with Crippen molar-refractivity contribution in [2.45, 2.75) is 25.8 Å². The SMILES string of the molecule is C[C@@H](Nc1ncnc2c1cc(C1=CCOCC1)c(=O)n2C)c1cccc(C(F)F)c1F. The van der Waals surface area contributed by atoms with Gasteiger partial charge in [-0.05, 0) is 25.0 Å². The number of benzene rings is 1. The van der Waals surface area contributed by atoms with Crippen molar-refractivity contribution in [2.24, 2.45) is 7.05 Å². The van der Waals surface area contributed by atoms with Gasteiger partial charge in [0.25, 0.3) is 12.0 Å². The van der Waals surface area contributed by atoms with Crippen LogP contribution in [0.1, 0.15) is 42.5 Å². The van der Waals surface area contributed by atoms with Gasteiger partial charge in [0.1, 0.15) is 23.6 Å². The summed E-state index contributed by atoms with van der Waals surface area (Å²) in [6, 6.07) is 4.99. The molecule has 0 unspecified atom stereocenters. The van der Waals surface area contributed by atoms with Crippen LogP contribution in [0.3, 0.4) is 0 Å². The van der Waals surface area contributed by atoms with Crippen molar-refractivity contribution in [1.82, 2.24) is 14.5 Å². The van der Waals surface area contributed by atoms with Crippen molar-refractivity contribution < 1.29 is 17.9 Å². The second-order valence-corrected chi connectivity index (χ2v) is 7.35. The van der Waals surface area contributed by atoms with Gasteiger partial charge in [0.15, 0.2) is 0 Å². The number of anilines is 1. The number of aryl methyl sites for hydroxylation is 1. The molecule has 0 amide bonds. The molecule has 6 nitrogen and oxygen atoms in total. The number of fused-ring (bicyclic) bond motifs is 1. The fourth-order valence-electron chi connectivity index (χ4n) is 3.74. The van der Waals surface area contributed by atoms with E-state index in [4.69, 9.17) is 4.74 Å². The first-order chi connectivity index (χ1) is 14.9. The highest BCUT2D eigenvalue weighted by atomic mass is 19.3. The molecule has 0 spiro atoms. The van der Waals surface area contributed by atoms with Crippen LogP contribution in [0, 0.1) is 5.82 Å². The average molecular weight is 430 g/mol. The maximum atomic E-state index is 14.6. The van der Waals surface area contributed by atoms with Crippen LogP contribution in [0.15, 0.2) is 41.5 Å². The van der Waals surface area contributed by atoms with Crippen molar-refractivity contribution >= 4 is 22.4 Å². The van der Waals surface area contributed by atoms with Gasteiger partial charge in [-0.1, -0.05) is 24.3 Å². The van der Waals surface area contributed by atoms with Crippen molar-refractivity contribution in [3.8, 4) is 0 Å². The molecule has 0 bridgehead atoms. The molecule has 31 heavy (non-hydrogen) atoms. The van der Waals surface area contributed by atoms with E-state index in [0.29, 0.717) is 42.0 Å². The summed E-state index contributed by atoms with van der Waals surface area (Å²) in [6.07, 6.45) is 0.878. The summed E-state index contributed by atoms with van der Waals surface area (Å²) in [5.74, 6) is -0.569. The second kappa shape index (κ2) is 8.50. The molecule has 162 valence electrons. The lowest BCUT2D eigenvalue weighted by atomic mass is 10.0. The smallest absolute Gasteiger partial charge is 0.266 e. The summed E-state index contributed by atoms with van der Waals surface area (Å²) < 4.78 is 47.5. The van der Waals surface area contributed by atoms with Crippen LogP contribution in [0.4, 0.5) is 19.0 Å². The first-order valence-corrected chi connectivity index (χ1v) is 9.83. The molecular formula is C22H21F3N4O2. The molecule has 3 aromatic rings. The summed E-state index contributed by atoms with van der Waals surface area (Å²) in [6.45, 7) is 2.62. The number of aromatic nitrogens is 3. The molecule has 1 atom stereocenters. The number of rotatable bonds is 5. The number of nitrogens with zero attached hydrogens (tertiary/aromatic N) is 3. The van der Waals surface area contributed by atoms with Gasteiger partial charge in [-0.2, -0.15) is 0 Å². The summed E-state index contributed by atoms with van der Waals surface area (Å²) in [4.78, 5) is 21.3. The number of hydrogen-bond acceptors (Lipinski definition) is 5. The minimum absolute atomic E-state index is 0.0988. The molecule has 2 aromatic heterocycles. The van der Waals surface area contributed by atoms with Gasteiger partial charge < -0.3 is 10.1 Å². The molecule has 1 aliphatic rings. The van der Waals surface area contributed by atoms with E-state index in [1.165, 1.54) is 23.0 Å². The number of alkyl halides is 2. The summed E-state index contributed by atoms with van der Waals surface area (Å²) >= 11 is 0. The number of pyridine rings is 1. The van der Waals surface area contributed by atoms with Crippen molar-refractivity contribution in [3.63, 3.8) is 0 Å². The maximum Gasteiger partial charge on any atom is 0.266 e. The lowest BCUT2D eigenvalue weighted by molar-refractivity contribution is 0.146. The average Bonchev–Trinajstić information content (AvgIpc) is 2.77. The van der Waals surface area contributed by atoms with Gasteiger partial charge >= 0.3 is 0 Å². The number of ether oxygens (including phenoxy) is 1. The molecule has 1 aliphatic heterocycles. The van der Waals surface area contributed by atoms with Gasteiger partial charge in [0, 0.05) is 18.2 Å². The van der Waals surface area contributed by atoms with E-state index in [-0.39, 0.29) is 11.1 Å². The fraction of sp³-hybridized carbons (Fsp3) is 0.318. The van der Waals surface area contributed by atoms with Gasteiger partial charge in [0.05, 0.1) is 30.2 Å². The molecule has 0 radical (unpaired) electrons. The van der Waals surface area contributed by atoms with Gasteiger partial charge in [-0.25, -0.2) is 23.1 Å². The predicted octanol–water partition coefficient (Wildman–Crippen LogP) is 4.38. The molecule has 0 saturated carbocycles. The zero-order chi connectivity index (χ0) is 22.1. The fourth-order valence-corrected chi connectivity index (χ4v) is 3.74. The minimum atomic E-state index is -2.91. The summed E-state index contributed by atoms with van der Waals surface area (Å²) in [5.41, 5.74) is 1.08. The Balaban J connectivity index is 1.78. The van der Waals surface area contributed by atoms with E-state index >= 15 is 0 Å². The molecule has 4 rings (SSSR count). The van der Waals surface area contributed by atoms with Crippen molar-refractivity contribution in [2.75, 3.05) is 18.5 Å². The lowest BCUT2D eigenvalue weighted by Crippen LogP contribution is -2.23. The molecule has 0 fully saturated rings. The Morgan fingerprint density at radius 1 is 1.23 bits per heavy atom. The number of halogens is 3. The normalized spacial score (nSPS) is 15.2. The monoisotopic (exact) mass is 430 g/mol. The van der Waals surface area contributed by atoms with Crippen LogP contribution in [0.2, 0.25) is 0 Å². The largest absolute Gasteiger partial charge is 0.377 e. The molecule has 0 aliphatic carbocycles. The lowest BCUT2D eigenvalue weighted by Gasteiger charge is -2.19. The third kappa shape index (κ3) is 3.93. The topological polar surface area (TPSA) is 69.0 Å². The highest BCUT2D eigenvalue weighted by Gasteiger charge is 2.21. The third-order valence-corrected chi connectivity index (χ3v) is 5.43. The van der Waals surface area contributed by atoms with E-state index in [2.05, 4.69) is 15.3 Å². The van der Waals surface area contributed by atoms with E-state index in [1.807, 2.05) is 6.08 Å². The van der Waals surface area contributed by atoms with E-state index in [0.717, 1.165) is 11.6 Å². The van der Waals surface area contributed by atoms with Gasteiger partial charge in [-0.3, -0.25) is 9.36 Å². The van der Waals surface area contributed by atoms with Gasteiger partial charge in [-0.15, -0.1) is 0 Å². The molecule has 1 aromatic carbocycles. The first-order valence-electron chi connectivity index (χ1n) is 9.83. The quantitative estimate of drug-likeness (QED) is 0.651. The predicted molar refractivity (Wildman–Crippen MR) is 112 cm³/mol. The minimum Gasteiger partial charge on any atom is -0.377 e. The summed E-state index contributed by atoms with van der Waals surface area (Å²) in [5, 5.41) is 3.66. The van der Waals surface area contributed by atoms with E-state index < -0.39 is 23.8 Å². The first kappa shape index (κ1) is 21.0. The molecular weight excluding hydrogens is 409 g/mol. The molecule has 1 N–H and O–H groups in total. The maximum absolute atomic E-state index is 14.6. The molecule has 3 heterocycles. The van der Waals surface area contributed by atoms with Crippen molar-refractivity contribution in [1.29, 1.82) is 0 Å². The Morgan fingerprint density at radius 2 is 2.00 bits per heavy atom. The number of hydrogen-bond donors (Lipinski definition) is 1. The Hall–Kier alpha value is -3.20. The molecule has 0 saturated heterocycles. The van der Waals surface area contributed by atoms with Crippen LogP contribution in [-0.4, -0.2) is 27.7 Å². The zero-order valence-electron chi connectivity index (χ0n) is 17.0. The Morgan fingerprint density at radius 3 is 2.71 bits per heavy atom. The van der Waals surface area contributed by atoms with Crippen LogP contribution < -0.4 is 10.9 Å². The van der Waals surface area contributed by atoms with Gasteiger partial charge in [0.2, 0.25) is 0 Å². The Labute approximate surface area is 176 Å².